The normalized spacial score (nSPS) is 16.5. The minimum absolute atomic E-state index is 0.0907. The summed E-state index contributed by atoms with van der Waals surface area (Å²) in [4.78, 5) is 34.3. The largest absolute Gasteiger partial charge is 0.480 e. The quantitative estimate of drug-likeness (QED) is 0.411. The number of halogens is 2. The number of carbonyl (C=O) groups is 3. The van der Waals surface area contributed by atoms with Crippen molar-refractivity contribution < 1.29 is 19.5 Å². The van der Waals surface area contributed by atoms with E-state index in [1.165, 1.54) is 6.08 Å². The third kappa shape index (κ3) is 5.07. The van der Waals surface area contributed by atoms with Gasteiger partial charge < -0.3 is 21.1 Å². The van der Waals surface area contributed by atoms with Gasteiger partial charge in [-0.05, 0) is 35.4 Å². The van der Waals surface area contributed by atoms with Crippen molar-refractivity contribution in [2.45, 2.75) is 19.0 Å². The fourth-order valence-corrected chi connectivity index (χ4v) is 3.67. The van der Waals surface area contributed by atoms with E-state index in [9.17, 15) is 19.5 Å². The lowest BCUT2D eigenvalue weighted by Crippen LogP contribution is -2.33. The highest BCUT2D eigenvalue weighted by molar-refractivity contribution is 6.36. The average molecular weight is 434 g/mol. The van der Waals surface area contributed by atoms with Crippen LogP contribution in [0.1, 0.15) is 17.5 Å². The highest BCUT2D eigenvalue weighted by atomic mass is 35.5. The van der Waals surface area contributed by atoms with Crippen LogP contribution >= 0.6 is 23.2 Å². The molecule has 150 valence electrons. The molecule has 1 atom stereocenters. The second-order valence-corrected chi connectivity index (χ2v) is 7.25. The lowest BCUT2D eigenvalue weighted by atomic mass is 9.92. The number of hydrogen-bond acceptors (Lipinski definition) is 4. The van der Waals surface area contributed by atoms with E-state index < -0.39 is 17.9 Å². The van der Waals surface area contributed by atoms with Crippen LogP contribution in [0.15, 0.2) is 42.5 Å². The van der Waals surface area contributed by atoms with Gasteiger partial charge in [-0.15, -0.1) is 0 Å². The number of anilines is 2. The van der Waals surface area contributed by atoms with Gasteiger partial charge in [0, 0.05) is 41.0 Å². The van der Waals surface area contributed by atoms with Crippen LogP contribution in [0.4, 0.5) is 11.4 Å². The number of rotatable bonds is 6. The number of nitrogens with one attached hydrogen (secondary N) is 3. The van der Waals surface area contributed by atoms with Crippen molar-refractivity contribution in [1.29, 1.82) is 0 Å². The van der Waals surface area contributed by atoms with Crippen LogP contribution in [0, 0.1) is 0 Å². The zero-order valence-electron chi connectivity index (χ0n) is 15.0. The summed E-state index contributed by atoms with van der Waals surface area (Å²) in [6.07, 6.45) is 2.05. The molecule has 0 saturated carbocycles. The Morgan fingerprint density at radius 3 is 2.59 bits per heavy atom. The van der Waals surface area contributed by atoms with Gasteiger partial charge in [-0.3, -0.25) is 9.59 Å². The van der Waals surface area contributed by atoms with Crippen LogP contribution in [0.5, 0.6) is 0 Å². The molecule has 2 aromatic carbocycles. The van der Waals surface area contributed by atoms with Crippen molar-refractivity contribution in [2.24, 2.45) is 0 Å². The summed E-state index contributed by atoms with van der Waals surface area (Å²) in [6.45, 7) is 0.392. The Morgan fingerprint density at radius 2 is 1.93 bits per heavy atom. The Morgan fingerprint density at radius 1 is 1.21 bits per heavy atom. The van der Waals surface area contributed by atoms with Crippen molar-refractivity contribution in [3.8, 4) is 0 Å². The Balaban J connectivity index is 1.83. The Kier molecular flexibility index (Phi) is 6.41. The maximum atomic E-state index is 12.5. The first-order valence-corrected chi connectivity index (χ1v) is 9.39. The summed E-state index contributed by atoms with van der Waals surface area (Å²) in [5.74, 6) is -1.46. The van der Waals surface area contributed by atoms with Gasteiger partial charge in [-0.1, -0.05) is 35.3 Å². The molecule has 0 aromatic heterocycles. The number of aliphatic carboxylic acids is 1. The molecule has 3 rings (SSSR count). The summed E-state index contributed by atoms with van der Waals surface area (Å²) in [7, 11) is 0. The van der Waals surface area contributed by atoms with E-state index in [0.29, 0.717) is 45.5 Å². The minimum atomic E-state index is -1.04. The Hall–Kier alpha value is -3.03. The molecule has 2 amide bonds. The first-order valence-electron chi connectivity index (χ1n) is 8.63. The highest BCUT2D eigenvalue weighted by Crippen LogP contribution is 2.40. The van der Waals surface area contributed by atoms with Crippen LogP contribution in [0.3, 0.4) is 0 Å². The van der Waals surface area contributed by atoms with Crippen molar-refractivity contribution >= 4 is 58.4 Å². The van der Waals surface area contributed by atoms with Gasteiger partial charge in [0.2, 0.25) is 12.3 Å². The van der Waals surface area contributed by atoms with Crippen molar-refractivity contribution in [3.05, 3.63) is 63.6 Å². The number of amides is 2. The summed E-state index contributed by atoms with van der Waals surface area (Å²) < 4.78 is 0. The highest BCUT2D eigenvalue weighted by Gasteiger charge is 2.29. The molecular formula is C20H17Cl2N3O4. The van der Waals surface area contributed by atoms with Crippen molar-refractivity contribution in [1.82, 2.24) is 5.32 Å². The summed E-state index contributed by atoms with van der Waals surface area (Å²) in [5, 5.41) is 18.3. The van der Waals surface area contributed by atoms with E-state index >= 15 is 0 Å². The summed E-state index contributed by atoms with van der Waals surface area (Å²) in [6, 6.07) is 9.19. The molecule has 0 aliphatic carbocycles. The lowest BCUT2D eigenvalue weighted by molar-refractivity contribution is -0.137. The number of carbonyl (C=O) groups excluding carboxylic acids is 2. The molecule has 2 aromatic rings. The molecule has 1 aliphatic rings. The molecule has 7 nitrogen and oxygen atoms in total. The molecule has 9 heteroatoms. The summed E-state index contributed by atoms with van der Waals surface area (Å²) in [5.41, 5.74) is 2.96. The molecule has 29 heavy (non-hydrogen) atoms. The standard InChI is InChI=1S/C20H17Cl2N3O4/c21-13-7-15(22)19-12(5-17(20(28)29)25-16(19)8-13)6-18(27)24-14-3-1-11(2-4-14)9-23-10-26/h1-4,6-8,10,17,25H,5,9H2,(H,23,26)(H,24,27)(H,28,29)/b12-6+. The second kappa shape index (κ2) is 8.98. The molecule has 1 aliphatic heterocycles. The number of carboxylic acid groups (broad SMARTS) is 1. The predicted octanol–water partition coefficient (Wildman–Crippen LogP) is 3.53. The monoisotopic (exact) mass is 433 g/mol. The fourth-order valence-electron chi connectivity index (χ4n) is 3.06. The first-order chi connectivity index (χ1) is 13.9. The van der Waals surface area contributed by atoms with Crippen LogP contribution in [-0.2, 0) is 20.9 Å². The van der Waals surface area contributed by atoms with Gasteiger partial charge in [0.15, 0.2) is 0 Å². The first kappa shape index (κ1) is 20.7. The zero-order chi connectivity index (χ0) is 21.0. The molecule has 0 spiro atoms. The van der Waals surface area contributed by atoms with Gasteiger partial charge in [0.05, 0.1) is 5.02 Å². The van der Waals surface area contributed by atoms with Gasteiger partial charge >= 0.3 is 5.97 Å². The molecule has 1 unspecified atom stereocenters. The van der Waals surface area contributed by atoms with E-state index in [4.69, 9.17) is 23.2 Å². The van der Waals surface area contributed by atoms with Gasteiger partial charge in [0.1, 0.15) is 6.04 Å². The predicted molar refractivity (Wildman–Crippen MR) is 112 cm³/mol. The van der Waals surface area contributed by atoms with E-state index in [2.05, 4.69) is 16.0 Å². The SMILES string of the molecule is O=CNCc1ccc(NC(=O)/C=C2\CC(C(=O)O)Nc3cc(Cl)cc(Cl)c32)cc1. The topological polar surface area (TPSA) is 108 Å². The molecule has 0 radical (unpaired) electrons. The maximum Gasteiger partial charge on any atom is 0.326 e. The second-order valence-electron chi connectivity index (χ2n) is 6.40. The summed E-state index contributed by atoms with van der Waals surface area (Å²) >= 11 is 12.3. The van der Waals surface area contributed by atoms with Crippen LogP contribution < -0.4 is 16.0 Å². The third-order valence-electron chi connectivity index (χ3n) is 4.34. The molecule has 4 N–H and O–H groups in total. The third-order valence-corrected chi connectivity index (χ3v) is 4.86. The van der Waals surface area contributed by atoms with Gasteiger partial charge in [-0.2, -0.15) is 0 Å². The van der Waals surface area contributed by atoms with E-state index in [1.54, 1.807) is 36.4 Å². The van der Waals surface area contributed by atoms with E-state index in [-0.39, 0.29) is 6.42 Å². The van der Waals surface area contributed by atoms with E-state index in [1.807, 2.05) is 0 Å². The van der Waals surface area contributed by atoms with Crippen LogP contribution in [0.25, 0.3) is 5.57 Å². The molecule has 1 heterocycles. The minimum Gasteiger partial charge on any atom is -0.480 e. The number of fused-ring (bicyclic) bond motifs is 1. The Bertz CT molecular complexity index is 990. The number of carboxylic acids is 1. The van der Waals surface area contributed by atoms with Crippen LogP contribution in [0.2, 0.25) is 10.0 Å². The smallest absolute Gasteiger partial charge is 0.326 e. The maximum absolute atomic E-state index is 12.5. The molecule has 0 bridgehead atoms. The molecular weight excluding hydrogens is 417 g/mol. The average Bonchev–Trinajstić information content (AvgIpc) is 2.66. The zero-order valence-corrected chi connectivity index (χ0v) is 16.6. The number of hydrogen-bond donors (Lipinski definition) is 4. The molecule has 0 saturated heterocycles. The van der Waals surface area contributed by atoms with Gasteiger partial charge in [0.25, 0.3) is 0 Å². The van der Waals surface area contributed by atoms with Crippen molar-refractivity contribution in [3.63, 3.8) is 0 Å². The van der Waals surface area contributed by atoms with Crippen molar-refractivity contribution in [2.75, 3.05) is 10.6 Å². The molecule has 0 fully saturated rings. The van der Waals surface area contributed by atoms with E-state index in [0.717, 1.165) is 5.56 Å². The van der Waals surface area contributed by atoms with Crippen LogP contribution in [-0.4, -0.2) is 29.4 Å². The van der Waals surface area contributed by atoms with Gasteiger partial charge in [-0.25, -0.2) is 4.79 Å². The number of benzene rings is 2. The fraction of sp³-hybridized carbons (Fsp3) is 0.150. The Labute approximate surface area is 176 Å². The lowest BCUT2D eigenvalue weighted by Gasteiger charge is -2.27.